The minimum atomic E-state index is 0.269. The number of hydrogen-bond donors (Lipinski definition) is 1. The first kappa shape index (κ1) is 9.37. The number of hydrogen-bond acceptors (Lipinski definition) is 1. The van der Waals surface area contributed by atoms with Crippen molar-refractivity contribution >= 4 is 0 Å². The predicted molar refractivity (Wildman–Crippen MR) is 53.5 cm³/mol. The number of rotatable bonds is 0. The first-order chi connectivity index (χ1) is 5.43. The van der Waals surface area contributed by atoms with Gasteiger partial charge in [0.25, 0.3) is 0 Å². The van der Waals surface area contributed by atoms with Crippen molar-refractivity contribution in [2.75, 3.05) is 0 Å². The first-order valence-electron chi connectivity index (χ1n) is 4.57. The molecule has 0 aromatic rings. The molecule has 1 aliphatic rings. The molecule has 1 rings (SSSR count). The lowest BCUT2D eigenvalue weighted by Crippen LogP contribution is -2.32. The van der Waals surface area contributed by atoms with E-state index in [0.717, 1.165) is 5.70 Å². The Morgan fingerprint density at radius 1 is 1.33 bits per heavy atom. The molecule has 0 radical (unpaired) electrons. The summed E-state index contributed by atoms with van der Waals surface area (Å²) in [5, 5.41) is 0. The zero-order valence-corrected chi connectivity index (χ0v) is 8.46. The lowest BCUT2D eigenvalue weighted by molar-refractivity contribution is 0.228. The van der Waals surface area contributed by atoms with Gasteiger partial charge in [-0.15, -0.1) is 0 Å². The molecule has 0 spiro atoms. The Balaban J connectivity index is 2.90. The molecule has 12 heavy (non-hydrogen) atoms. The molecule has 68 valence electrons. The minimum absolute atomic E-state index is 0.269. The predicted octanol–water partition coefficient (Wildman–Crippen LogP) is 2.70. The van der Waals surface area contributed by atoms with Crippen molar-refractivity contribution in [2.24, 2.45) is 23.0 Å². The summed E-state index contributed by atoms with van der Waals surface area (Å²) < 4.78 is 0. The van der Waals surface area contributed by atoms with Gasteiger partial charge in [-0.1, -0.05) is 39.8 Å². The summed E-state index contributed by atoms with van der Waals surface area (Å²) in [4.78, 5) is 0. The Morgan fingerprint density at radius 2 is 1.92 bits per heavy atom. The van der Waals surface area contributed by atoms with Gasteiger partial charge < -0.3 is 5.73 Å². The van der Waals surface area contributed by atoms with Crippen LogP contribution in [-0.2, 0) is 0 Å². The molecular formula is C11H19N. The summed E-state index contributed by atoms with van der Waals surface area (Å²) in [6.07, 6.45) is 6.31. The molecule has 2 unspecified atom stereocenters. The van der Waals surface area contributed by atoms with Crippen molar-refractivity contribution in [2.45, 2.75) is 27.7 Å². The van der Waals surface area contributed by atoms with E-state index in [0.29, 0.717) is 11.8 Å². The monoisotopic (exact) mass is 165 g/mol. The third-order valence-electron chi connectivity index (χ3n) is 2.52. The van der Waals surface area contributed by atoms with E-state index in [1.165, 1.54) is 0 Å². The van der Waals surface area contributed by atoms with Crippen LogP contribution in [0.25, 0.3) is 0 Å². The molecule has 0 aromatic heterocycles. The van der Waals surface area contributed by atoms with Gasteiger partial charge in [0.2, 0.25) is 0 Å². The van der Waals surface area contributed by atoms with E-state index in [4.69, 9.17) is 5.73 Å². The van der Waals surface area contributed by atoms with Crippen molar-refractivity contribution in [1.29, 1.82) is 0 Å². The van der Waals surface area contributed by atoms with E-state index in [1.807, 2.05) is 6.08 Å². The molecule has 0 amide bonds. The Kier molecular flexibility index (Phi) is 2.31. The normalized spacial score (nSPS) is 30.2. The third kappa shape index (κ3) is 1.71. The maximum absolute atomic E-state index is 5.97. The fourth-order valence-corrected chi connectivity index (χ4v) is 2.15. The second kappa shape index (κ2) is 2.96. The topological polar surface area (TPSA) is 26.0 Å². The van der Waals surface area contributed by atoms with Gasteiger partial charge in [-0.2, -0.15) is 0 Å². The maximum Gasteiger partial charge on any atom is 0.0123 e. The molecule has 0 saturated heterocycles. The van der Waals surface area contributed by atoms with Crippen LogP contribution in [0.2, 0.25) is 0 Å². The lowest BCUT2D eigenvalue weighted by Gasteiger charge is -2.36. The molecule has 1 aliphatic carbocycles. The van der Waals surface area contributed by atoms with E-state index < -0.39 is 0 Å². The quantitative estimate of drug-likeness (QED) is 0.587. The molecule has 0 fully saturated rings. The first-order valence-corrected chi connectivity index (χ1v) is 4.57. The average Bonchev–Trinajstić information content (AvgIpc) is 1.82. The summed E-state index contributed by atoms with van der Waals surface area (Å²) >= 11 is 0. The minimum Gasteiger partial charge on any atom is -0.402 e. The van der Waals surface area contributed by atoms with E-state index in [9.17, 15) is 0 Å². The molecule has 1 heteroatoms. The van der Waals surface area contributed by atoms with Gasteiger partial charge in [0.05, 0.1) is 0 Å². The molecule has 0 aliphatic heterocycles. The highest BCUT2D eigenvalue weighted by Gasteiger charge is 2.31. The molecule has 2 N–H and O–H groups in total. The lowest BCUT2D eigenvalue weighted by atomic mass is 9.70. The van der Waals surface area contributed by atoms with Gasteiger partial charge in [-0.3, -0.25) is 0 Å². The van der Waals surface area contributed by atoms with Crippen LogP contribution in [0.1, 0.15) is 27.7 Å². The summed E-state index contributed by atoms with van der Waals surface area (Å²) in [7, 11) is 0. The third-order valence-corrected chi connectivity index (χ3v) is 2.52. The SMILES string of the molecule is CC1C=CC=C(N)C1C(C)(C)C. The van der Waals surface area contributed by atoms with E-state index in [1.54, 1.807) is 0 Å². The van der Waals surface area contributed by atoms with Crippen LogP contribution >= 0.6 is 0 Å². The Morgan fingerprint density at radius 3 is 2.25 bits per heavy atom. The fourth-order valence-electron chi connectivity index (χ4n) is 2.15. The van der Waals surface area contributed by atoms with Crippen LogP contribution in [-0.4, -0.2) is 0 Å². The van der Waals surface area contributed by atoms with Gasteiger partial charge in [-0.25, -0.2) is 0 Å². The van der Waals surface area contributed by atoms with Crippen LogP contribution in [0, 0.1) is 17.3 Å². The molecular weight excluding hydrogens is 146 g/mol. The molecule has 2 atom stereocenters. The van der Waals surface area contributed by atoms with Crippen molar-refractivity contribution in [3.8, 4) is 0 Å². The standard InChI is InChI=1S/C11H19N/c1-8-6-5-7-9(12)10(8)11(2,3)4/h5-8,10H,12H2,1-4H3. The maximum atomic E-state index is 5.97. The van der Waals surface area contributed by atoms with Gasteiger partial charge in [0.1, 0.15) is 0 Å². The van der Waals surface area contributed by atoms with E-state index >= 15 is 0 Å². The summed E-state index contributed by atoms with van der Waals surface area (Å²) in [5.41, 5.74) is 7.26. The molecule has 0 saturated carbocycles. The largest absolute Gasteiger partial charge is 0.402 e. The van der Waals surface area contributed by atoms with E-state index in [-0.39, 0.29) is 5.41 Å². The zero-order valence-electron chi connectivity index (χ0n) is 8.46. The smallest absolute Gasteiger partial charge is 0.0123 e. The summed E-state index contributed by atoms with van der Waals surface area (Å²) in [5.74, 6) is 1.05. The molecule has 1 nitrogen and oxygen atoms in total. The Hall–Kier alpha value is -0.720. The van der Waals surface area contributed by atoms with Gasteiger partial charge >= 0.3 is 0 Å². The van der Waals surface area contributed by atoms with Crippen molar-refractivity contribution in [1.82, 2.24) is 0 Å². The zero-order chi connectivity index (χ0) is 9.35. The van der Waals surface area contributed by atoms with Gasteiger partial charge in [-0.05, 0) is 17.4 Å². The number of allylic oxidation sites excluding steroid dienone is 4. The Labute approximate surface area is 75.3 Å². The highest BCUT2D eigenvalue weighted by Crippen LogP contribution is 2.38. The van der Waals surface area contributed by atoms with E-state index in [2.05, 4.69) is 39.8 Å². The molecule has 0 heterocycles. The van der Waals surface area contributed by atoms with Crippen molar-refractivity contribution in [3.05, 3.63) is 23.9 Å². The Bertz CT molecular complexity index is 218. The summed E-state index contributed by atoms with van der Waals surface area (Å²) in [6, 6.07) is 0. The highest BCUT2D eigenvalue weighted by atomic mass is 14.6. The van der Waals surface area contributed by atoms with Crippen LogP contribution in [0.3, 0.4) is 0 Å². The van der Waals surface area contributed by atoms with Crippen LogP contribution in [0.5, 0.6) is 0 Å². The van der Waals surface area contributed by atoms with Crippen LogP contribution in [0.4, 0.5) is 0 Å². The van der Waals surface area contributed by atoms with Gasteiger partial charge in [0, 0.05) is 11.6 Å². The summed E-state index contributed by atoms with van der Waals surface area (Å²) in [6.45, 7) is 8.96. The molecule has 0 aromatic carbocycles. The number of nitrogens with two attached hydrogens (primary N) is 1. The second-order valence-corrected chi connectivity index (χ2v) is 4.75. The fraction of sp³-hybridized carbons (Fsp3) is 0.636. The average molecular weight is 165 g/mol. The molecule has 0 bridgehead atoms. The van der Waals surface area contributed by atoms with Crippen LogP contribution in [0.15, 0.2) is 23.9 Å². The highest BCUT2D eigenvalue weighted by molar-refractivity contribution is 5.22. The van der Waals surface area contributed by atoms with Crippen molar-refractivity contribution < 1.29 is 0 Å². The van der Waals surface area contributed by atoms with Crippen molar-refractivity contribution in [3.63, 3.8) is 0 Å². The second-order valence-electron chi connectivity index (χ2n) is 4.75. The van der Waals surface area contributed by atoms with Gasteiger partial charge in [0.15, 0.2) is 0 Å². The van der Waals surface area contributed by atoms with Crippen LogP contribution < -0.4 is 5.73 Å².